The fraction of sp³-hybridized carbons (Fsp3) is 0.600. The van der Waals surface area contributed by atoms with E-state index in [1.54, 1.807) is 18.2 Å². The lowest BCUT2D eigenvalue weighted by Gasteiger charge is -2.42. The second kappa shape index (κ2) is 10.3. The number of methoxy groups -OCH3 is 1. The number of hydrogen-bond donors (Lipinski definition) is 4. The molecular formula is C30H38O10. The van der Waals surface area contributed by atoms with E-state index < -0.39 is 43.2 Å². The highest BCUT2D eigenvalue weighted by Crippen LogP contribution is 2.53. The largest absolute Gasteiger partial charge is 0.493 e. The van der Waals surface area contributed by atoms with Gasteiger partial charge >= 0.3 is 0 Å². The third-order valence-corrected chi connectivity index (χ3v) is 8.19. The van der Waals surface area contributed by atoms with Gasteiger partial charge in [0, 0.05) is 42.7 Å². The van der Waals surface area contributed by atoms with Crippen LogP contribution in [0.25, 0.3) is 0 Å². The summed E-state index contributed by atoms with van der Waals surface area (Å²) in [6.45, 7) is 7.53. The van der Waals surface area contributed by atoms with Gasteiger partial charge in [-0.15, -0.1) is 0 Å². The number of Topliss-reactive ketones (excluding diaryl/α,β-unsaturated/α-hetero) is 2. The Kier molecular flexibility index (Phi) is 7.37. The van der Waals surface area contributed by atoms with Crippen LogP contribution in [0, 0.1) is 10.8 Å². The summed E-state index contributed by atoms with van der Waals surface area (Å²) >= 11 is 0. The topological polar surface area (TPSA) is 152 Å². The number of allylic oxidation sites excluding steroid dienone is 4. The fourth-order valence-electron chi connectivity index (χ4n) is 6.26. The summed E-state index contributed by atoms with van der Waals surface area (Å²) in [5, 5.41) is 40.1. The van der Waals surface area contributed by atoms with Crippen molar-refractivity contribution in [1.82, 2.24) is 0 Å². The molecule has 1 saturated heterocycles. The highest BCUT2D eigenvalue weighted by molar-refractivity contribution is 6.06. The van der Waals surface area contributed by atoms with E-state index in [2.05, 4.69) is 0 Å². The van der Waals surface area contributed by atoms with Crippen LogP contribution in [0.2, 0.25) is 0 Å². The number of carbonyl (C=O) groups excluding carboxylic acids is 2. The van der Waals surface area contributed by atoms with Crippen molar-refractivity contribution >= 4 is 11.6 Å². The zero-order chi connectivity index (χ0) is 29.1. The molecule has 1 fully saturated rings. The average Bonchev–Trinajstić information content (AvgIpc) is 2.86. The van der Waals surface area contributed by atoms with Crippen molar-refractivity contribution in [1.29, 1.82) is 0 Å². The summed E-state index contributed by atoms with van der Waals surface area (Å²) in [5.41, 5.74) is 1.11. The minimum absolute atomic E-state index is 0.0546. The van der Waals surface area contributed by atoms with Gasteiger partial charge in [0.05, 0.1) is 13.7 Å². The van der Waals surface area contributed by atoms with E-state index >= 15 is 0 Å². The molecule has 0 bridgehead atoms. The van der Waals surface area contributed by atoms with Gasteiger partial charge in [0.2, 0.25) is 6.29 Å². The summed E-state index contributed by atoms with van der Waals surface area (Å²) in [6, 6.07) is 5.00. The summed E-state index contributed by atoms with van der Waals surface area (Å²) in [7, 11) is 1.43. The van der Waals surface area contributed by atoms with Crippen molar-refractivity contribution in [3.63, 3.8) is 0 Å². The summed E-state index contributed by atoms with van der Waals surface area (Å²) in [6.07, 6.45) is -5.41. The molecule has 0 spiro atoms. The van der Waals surface area contributed by atoms with Crippen LogP contribution in [-0.4, -0.2) is 76.4 Å². The number of ether oxygens (including phenoxy) is 4. The first kappa shape index (κ1) is 28.8. The fourth-order valence-corrected chi connectivity index (χ4v) is 6.26. The molecule has 10 nitrogen and oxygen atoms in total. The van der Waals surface area contributed by atoms with Gasteiger partial charge < -0.3 is 39.4 Å². The second-order valence-electron chi connectivity index (χ2n) is 12.8. The van der Waals surface area contributed by atoms with Crippen LogP contribution in [-0.2, 0) is 19.1 Å². The number of aliphatic hydroxyl groups excluding tert-OH is 4. The van der Waals surface area contributed by atoms with Gasteiger partial charge in [0.15, 0.2) is 23.1 Å². The van der Waals surface area contributed by atoms with E-state index in [-0.39, 0.29) is 33.9 Å². The molecule has 4 aliphatic rings. The van der Waals surface area contributed by atoms with Gasteiger partial charge in [-0.25, -0.2) is 0 Å². The molecule has 218 valence electrons. The number of ketones is 2. The lowest BCUT2D eigenvalue weighted by Crippen LogP contribution is -2.60. The van der Waals surface area contributed by atoms with Crippen molar-refractivity contribution in [3.8, 4) is 11.5 Å². The standard InChI is InChI=1S/C30H38O10/c1-29(2)9-15(32)23-19(11-29)38-20-12-30(3,4)10-16(33)24(20)22(23)14-6-7-17(18(8-14)37-5)39-28-27(36)26(35)25(34)21(13-31)40-28/h6-8,21-22,25-28,31,34-36H,9-13H2,1-5H3/t21?,25-,26-,27-,28?/m1/s1. The Morgan fingerprint density at radius 2 is 1.43 bits per heavy atom. The molecule has 40 heavy (non-hydrogen) atoms. The zero-order valence-corrected chi connectivity index (χ0v) is 23.5. The van der Waals surface area contributed by atoms with Crippen molar-refractivity contribution in [2.75, 3.05) is 13.7 Å². The van der Waals surface area contributed by atoms with E-state index in [1.807, 2.05) is 27.7 Å². The van der Waals surface area contributed by atoms with Crippen LogP contribution < -0.4 is 9.47 Å². The average molecular weight is 559 g/mol. The van der Waals surface area contributed by atoms with Gasteiger partial charge in [-0.2, -0.15) is 0 Å². The number of carbonyl (C=O) groups is 2. The molecule has 2 aliphatic carbocycles. The van der Waals surface area contributed by atoms with Gasteiger partial charge in [-0.05, 0) is 28.5 Å². The maximum atomic E-state index is 13.5. The molecule has 1 aromatic rings. The first-order valence-corrected chi connectivity index (χ1v) is 13.6. The molecule has 2 aliphatic heterocycles. The molecule has 1 aromatic carbocycles. The Balaban J connectivity index is 1.55. The van der Waals surface area contributed by atoms with Crippen LogP contribution in [0.3, 0.4) is 0 Å². The molecule has 0 amide bonds. The number of benzene rings is 1. The SMILES string of the molecule is COc1cc(C2C3=C(CC(C)(C)CC3=O)OC3=C2C(=O)CC(C)(C)C3)ccc1OC1OC(CO)[C@@H](O)[C@@H](O)[C@H]1O. The second-order valence-corrected chi connectivity index (χ2v) is 12.8. The van der Waals surface area contributed by atoms with E-state index in [9.17, 15) is 30.0 Å². The maximum absolute atomic E-state index is 13.5. The number of hydrogen-bond acceptors (Lipinski definition) is 10. The van der Waals surface area contributed by atoms with E-state index in [0.717, 1.165) is 0 Å². The van der Waals surface area contributed by atoms with Crippen LogP contribution >= 0.6 is 0 Å². The first-order valence-electron chi connectivity index (χ1n) is 13.6. The molecular weight excluding hydrogens is 520 g/mol. The molecule has 5 rings (SSSR count). The Morgan fingerprint density at radius 1 is 0.850 bits per heavy atom. The van der Waals surface area contributed by atoms with Crippen LogP contribution in [0.1, 0.15) is 64.9 Å². The Morgan fingerprint density at radius 3 is 1.95 bits per heavy atom. The predicted molar refractivity (Wildman–Crippen MR) is 141 cm³/mol. The van der Waals surface area contributed by atoms with E-state index in [4.69, 9.17) is 18.9 Å². The van der Waals surface area contributed by atoms with Crippen LogP contribution in [0.5, 0.6) is 11.5 Å². The lowest BCUT2D eigenvalue weighted by atomic mass is 9.65. The highest BCUT2D eigenvalue weighted by Gasteiger charge is 2.48. The molecule has 4 N–H and O–H groups in total. The molecule has 0 aromatic heterocycles. The molecule has 2 unspecified atom stereocenters. The maximum Gasteiger partial charge on any atom is 0.229 e. The number of aliphatic hydroxyl groups is 4. The van der Waals surface area contributed by atoms with Gasteiger partial charge in [0.1, 0.15) is 35.9 Å². The molecule has 2 heterocycles. The van der Waals surface area contributed by atoms with Gasteiger partial charge in [-0.1, -0.05) is 33.8 Å². The molecule has 0 radical (unpaired) electrons. The van der Waals surface area contributed by atoms with E-state index in [1.165, 1.54) is 7.11 Å². The zero-order valence-electron chi connectivity index (χ0n) is 23.5. The van der Waals surface area contributed by atoms with Crippen molar-refractivity contribution in [2.24, 2.45) is 10.8 Å². The van der Waals surface area contributed by atoms with Crippen LogP contribution in [0.15, 0.2) is 40.9 Å². The third kappa shape index (κ3) is 5.07. The minimum atomic E-state index is -1.60. The van der Waals surface area contributed by atoms with Crippen molar-refractivity contribution < 1.29 is 49.0 Å². The van der Waals surface area contributed by atoms with Crippen molar-refractivity contribution in [3.05, 3.63) is 46.4 Å². The monoisotopic (exact) mass is 558 g/mol. The van der Waals surface area contributed by atoms with Crippen molar-refractivity contribution in [2.45, 2.75) is 90.0 Å². The van der Waals surface area contributed by atoms with Crippen LogP contribution in [0.4, 0.5) is 0 Å². The first-order chi connectivity index (χ1) is 18.7. The number of rotatable bonds is 5. The Bertz CT molecular complexity index is 1220. The van der Waals surface area contributed by atoms with Gasteiger partial charge in [0.25, 0.3) is 0 Å². The minimum Gasteiger partial charge on any atom is -0.493 e. The van der Waals surface area contributed by atoms with E-state index in [0.29, 0.717) is 53.9 Å². The Labute approximate surface area is 233 Å². The van der Waals surface area contributed by atoms with Gasteiger partial charge in [-0.3, -0.25) is 9.59 Å². The quantitative estimate of drug-likeness (QED) is 0.424. The summed E-state index contributed by atoms with van der Waals surface area (Å²) < 4.78 is 23.2. The summed E-state index contributed by atoms with van der Waals surface area (Å²) in [5.74, 6) is 0.895. The molecule has 0 saturated carbocycles. The third-order valence-electron chi connectivity index (χ3n) is 8.19. The normalized spacial score (nSPS) is 31.9. The lowest BCUT2D eigenvalue weighted by molar-refractivity contribution is -0.277. The molecule has 10 heteroatoms. The highest BCUT2D eigenvalue weighted by atomic mass is 16.7. The Hall–Kier alpha value is -2.76. The smallest absolute Gasteiger partial charge is 0.229 e. The summed E-state index contributed by atoms with van der Waals surface area (Å²) in [4.78, 5) is 27.1. The predicted octanol–water partition coefficient (Wildman–Crippen LogP) is 2.27. The molecule has 5 atom stereocenters.